The lowest BCUT2D eigenvalue weighted by atomic mass is 10.1. The summed E-state index contributed by atoms with van der Waals surface area (Å²) < 4.78 is 5.75. The van der Waals surface area contributed by atoms with Crippen molar-refractivity contribution in [3.05, 3.63) is 58.6 Å². The van der Waals surface area contributed by atoms with Crippen LogP contribution < -0.4 is 10.1 Å². The summed E-state index contributed by atoms with van der Waals surface area (Å²) in [6.45, 7) is 5.72. The van der Waals surface area contributed by atoms with E-state index in [4.69, 9.17) is 16.3 Å². The number of hydrogen-bond donors (Lipinski definition) is 1. The maximum atomic E-state index is 12.1. The Morgan fingerprint density at radius 1 is 1.14 bits per heavy atom. The van der Waals surface area contributed by atoms with Gasteiger partial charge in [0.15, 0.2) is 6.10 Å². The van der Waals surface area contributed by atoms with E-state index in [-0.39, 0.29) is 5.91 Å². The molecule has 0 fully saturated rings. The highest BCUT2D eigenvalue weighted by molar-refractivity contribution is 6.30. The third-order valence-electron chi connectivity index (χ3n) is 3.34. The SMILES string of the molecule is Cc1cccc(O[C@H](C)C(=O)Nc2ccc(Cl)cc2)c1C. The van der Waals surface area contributed by atoms with Gasteiger partial charge in [-0.25, -0.2) is 0 Å². The van der Waals surface area contributed by atoms with E-state index >= 15 is 0 Å². The zero-order valence-electron chi connectivity index (χ0n) is 12.3. The van der Waals surface area contributed by atoms with Crippen LogP contribution in [0.1, 0.15) is 18.1 Å². The largest absolute Gasteiger partial charge is 0.481 e. The molecule has 4 heteroatoms. The zero-order valence-corrected chi connectivity index (χ0v) is 13.1. The highest BCUT2D eigenvalue weighted by atomic mass is 35.5. The average Bonchev–Trinajstić information content (AvgIpc) is 2.46. The lowest BCUT2D eigenvalue weighted by Gasteiger charge is -2.17. The molecule has 1 amide bonds. The van der Waals surface area contributed by atoms with Crippen molar-refractivity contribution in [2.45, 2.75) is 26.9 Å². The standard InChI is InChI=1S/C17H18ClNO2/c1-11-5-4-6-16(12(11)2)21-13(3)17(20)19-15-9-7-14(18)8-10-15/h4-10,13H,1-3H3,(H,19,20)/t13-/m1/s1. The minimum absolute atomic E-state index is 0.196. The number of rotatable bonds is 4. The van der Waals surface area contributed by atoms with Gasteiger partial charge in [-0.3, -0.25) is 4.79 Å². The quantitative estimate of drug-likeness (QED) is 0.911. The predicted molar refractivity (Wildman–Crippen MR) is 86.1 cm³/mol. The topological polar surface area (TPSA) is 38.3 Å². The van der Waals surface area contributed by atoms with Crippen molar-refractivity contribution < 1.29 is 9.53 Å². The number of halogens is 1. The molecular weight excluding hydrogens is 286 g/mol. The van der Waals surface area contributed by atoms with E-state index in [0.717, 1.165) is 16.9 Å². The van der Waals surface area contributed by atoms with Crippen LogP contribution in [-0.4, -0.2) is 12.0 Å². The first-order valence-electron chi connectivity index (χ1n) is 6.76. The second kappa shape index (κ2) is 6.64. The Kier molecular flexibility index (Phi) is 4.86. The zero-order chi connectivity index (χ0) is 15.4. The number of ether oxygens (including phenoxy) is 1. The summed E-state index contributed by atoms with van der Waals surface area (Å²) in [6.07, 6.45) is -0.582. The van der Waals surface area contributed by atoms with Crippen LogP contribution in [0.2, 0.25) is 5.02 Å². The lowest BCUT2D eigenvalue weighted by molar-refractivity contribution is -0.122. The number of carbonyl (C=O) groups excluding carboxylic acids is 1. The van der Waals surface area contributed by atoms with E-state index in [0.29, 0.717) is 10.7 Å². The van der Waals surface area contributed by atoms with Crippen LogP contribution in [-0.2, 0) is 4.79 Å². The second-order valence-corrected chi connectivity index (χ2v) is 5.39. The summed E-state index contributed by atoms with van der Waals surface area (Å²) >= 11 is 5.81. The van der Waals surface area contributed by atoms with Gasteiger partial charge in [-0.2, -0.15) is 0 Å². The minimum Gasteiger partial charge on any atom is -0.481 e. The predicted octanol–water partition coefficient (Wildman–Crippen LogP) is 4.36. The average molecular weight is 304 g/mol. The van der Waals surface area contributed by atoms with Crippen molar-refractivity contribution in [3.63, 3.8) is 0 Å². The molecule has 2 aromatic rings. The number of hydrogen-bond acceptors (Lipinski definition) is 2. The summed E-state index contributed by atoms with van der Waals surface area (Å²) in [5.74, 6) is 0.534. The number of aryl methyl sites for hydroxylation is 1. The van der Waals surface area contributed by atoms with Crippen molar-refractivity contribution in [2.24, 2.45) is 0 Å². The Hall–Kier alpha value is -2.00. The third-order valence-corrected chi connectivity index (χ3v) is 3.59. The highest BCUT2D eigenvalue weighted by Crippen LogP contribution is 2.22. The summed E-state index contributed by atoms with van der Waals surface area (Å²) in [6, 6.07) is 12.8. The second-order valence-electron chi connectivity index (χ2n) is 4.95. The first-order valence-corrected chi connectivity index (χ1v) is 7.14. The minimum atomic E-state index is -0.582. The Labute approximate surface area is 129 Å². The molecule has 0 radical (unpaired) electrons. The number of carbonyl (C=O) groups is 1. The molecule has 0 bridgehead atoms. The monoisotopic (exact) mass is 303 g/mol. The number of benzene rings is 2. The Balaban J connectivity index is 2.02. The van der Waals surface area contributed by atoms with Gasteiger partial charge < -0.3 is 10.1 Å². The molecule has 0 saturated heterocycles. The number of anilines is 1. The molecule has 0 unspecified atom stereocenters. The van der Waals surface area contributed by atoms with Gasteiger partial charge in [0.1, 0.15) is 5.75 Å². The summed E-state index contributed by atoms with van der Waals surface area (Å²) in [7, 11) is 0. The van der Waals surface area contributed by atoms with Gasteiger partial charge in [0.2, 0.25) is 0 Å². The number of amides is 1. The normalized spacial score (nSPS) is 11.8. The summed E-state index contributed by atoms with van der Waals surface area (Å²) in [5, 5.41) is 3.43. The van der Waals surface area contributed by atoms with Gasteiger partial charge in [0.05, 0.1) is 0 Å². The molecule has 0 aliphatic rings. The van der Waals surface area contributed by atoms with Crippen LogP contribution in [0.25, 0.3) is 0 Å². The van der Waals surface area contributed by atoms with E-state index in [1.54, 1.807) is 31.2 Å². The van der Waals surface area contributed by atoms with Crippen molar-refractivity contribution in [2.75, 3.05) is 5.32 Å². The first kappa shape index (κ1) is 15.4. The maximum absolute atomic E-state index is 12.1. The molecule has 1 N–H and O–H groups in total. The summed E-state index contributed by atoms with van der Waals surface area (Å²) in [5.41, 5.74) is 2.88. The van der Waals surface area contributed by atoms with E-state index < -0.39 is 6.10 Å². The van der Waals surface area contributed by atoms with Crippen LogP contribution in [0, 0.1) is 13.8 Å². The van der Waals surface area contributed by atoms with Gasteiger partial charge in [-0.05, 0) is 62.2 Å². The van der Waals surface area contributed by atoms with Gasteiger partial charge in [-0.15, -0.1) is 0 Å². The van der Waals surface area contributed by atoms with E-state index in [1.807, 2.05) is 32.0 Å². The molecule has 0 spiro atoms. The first-order chi connectivity index (χ1) is 9.97. The van der Waals surface area contributed by atoms with E-state index in [9.17, 15) is 4.79 Å². The van der Waals surface area contributed by atoms with Crippen molar-refractivity contribution in [1.29, 1.82) is 0 Å². The van der Waals surface area contributed by atoms with Crippen LogP contribution in [0.15, 0.2) is 42.5 Å². The van der Waals surface area contributed by atoms with Crippen LogP contribution in [0.4, 0.5) is 5.69 Å². The molecule has 0 saturated carbocycles. The Morgan fingerprint density at radius 2 is 1.81 bits per heavy atom. The van der Waals surface area contributed by atoms with Crippen molar-refractivity contribution in [3.8, 4) is 5.75 Å². The van der Waals surface area contributed by atoms with Crippen LogP contribution in [0.3, 0.4) is 0 Å². The third kappa shape index (κ3) is 3.99. The van der Waals surface area contributed by atoms with Crippen LogP contribution in [0.5, 0.6) is 5.75 Å². The molecule has 0 aliphatic heterocycles. The fourth-order valence-corrected chi connectivity index (χ4v) is 2.00. The molecule has 2 aromatic carbocycles. The molecule has 0 heterocycles. The van der Waals surface area contributed by atoms with Gasteiger partial charge >= 0.3 is 0 Å². The fraction of sp³-hybridized carbons (Fsp3) is 0.235. The number of nitrogens with one attached hydrogen (secondary N) is 1. The van der Waals surface area contributed by atoms with Crippen molar-refractivity contribution in [1.82, 2.24) is 0 Å². The van der Waals surface area contributed by atoms with Gasteiger partial charge in [-0.1, -0.05) is 23.7 Å². The van der Waals surface area contributed by atoms with Gasteiger partial charge in [0.25, 0.3) is 5.91 Å². The molecule has 0 aromatic heterocycles. The smallest absolute Gasteiger partial charge is 0.265 e. The molecular formula is C17H18ClNO2. The molecule has 21 heavy (non-hydrogen) atoms. The molecule has 2 rings (SSSR count). The van der Waals surface area contributed by atoms with Gasteiger partial charge in [0, 0.05) is 10.7 Å². The van der Waals surface area contributed by atoms with E-state index in [2.05, 4.69) is 5.32 Å². The van der Waals surface area contributed by atoms with E-state index in [1.165, 1.54) is 0 Å². The Bertz CT molecular complexity index is 638. The highest BCUT2D eigenvalue weighted by Gasteiger charge is 2.16. The van der Waals surface area contributed by atoms with Crippen molar-refractivity contribution >= 4 is 23.2 Å². The summed E-state index contributed by atoms with van der Waals surface area (Å²) in [4.78, 5) is 12.1. The molecule has 1 atom stereocenters. The molecule has 3 nitrogen and oxygen atoms in total. The lowest BCUT2D eigenvalue weighted by Crippen LogP contribution is -2.30. The molecule has 0 aliphatic carbocycles. The fourth-order valence-electron chi connectivity index (χ4n) is 1.87. The van der Waals surface area contributed by atoms with Crippen LogP contribution >= 0.6 is 11.6 Å². The molecule has 110 valence electrons. The Morgan fingerprint density at radius 3 is 2.48 bits per heavy atom. The maximum Gasteiger partial charge on any atom is 0.265 e.